The predicted molar refractivity (Wildman–Crippen MR) is 106 cm³/mol. The highest BCUT2D eigenvalue weighted by molar-refractivity contribution is 7.92. The van der Waals surface area contributed by atoms with Gasteiger partial charge in [0.05, 0.1) is 11.4 Å². The molecule has 0 spiro atoms. The number of anilines is 1. The largest absolute Gasteiger partial charge is 0.352 e. The molecule has 0 radical (unpaired) electrons. The molecule has 0 aromatic heterocycles. The van der Waals surface area contributed by atoms with E-state index in [1.165, 1.54) is 9.87 Å². The second-order valence-corrected chi connectivity index (χ2v) is 8.14. The SMILES string of the molecule is CCN(c1ccc(C(=O)NCCCc2ccccc2)cc1)S(=O)(=O)CC. The van der Waals surface area contributed by atoms with E-state index in [0.29, 0.717) is 24.3 Å². The summed E-state index contributed by atoms with van der Waals surface area (Å²) in [6, 6.07) is 16.8. The second-order valence-electron chi connectivity index (χ2n) is 5.96. The summed E-state index contributed by atoms with van der Waals surface area (Å²) < 4.78 is 25.5. The fraction of sp³-hybridized carbons (Fsp3) is 0.350. The first kappa shape index (κ1) is 20.0. The van der Waals surface area contributed by atoms with Crippen LogP contribution in [0.4, 0.5) is 5.69 Å². The Hall–Kier alpha value is -2.34. The van der Waals surface area contributed by atoms with Crippen molar-refractivity contribution < 1.29 is 13.2 Å². The van der Waals surface area contributed by atoms with Gasteiger partial charge in [-0.15, -0.1) is 0 Å². The van der Waals surface area contributed by atoms with Crippen LogP contribution in [0.1, 0.15) is 36.2 Å². The first-order chi connectivity index (χ1) is 12.5. The number of amides is 1. The van der Waals surface area contributed by atoms with E-state index in [1.807, 2.05) is 18.2 Å². The number of sulfonamides is 1. The van der Waals surface area contributed by atoms with E-state index < -0.39 is 10.0 Å². The maximum Gasteiger partial charge on any atom is 0.251 e. The van der Waals surface area contributed by atoms with Crippen molar-refractivity contribution in [2.24, 2.45) is 0 Å². The van der Waals surface area contributed by atoms with Gasteiger partial charge in [-0.1, -0.05) is 30.3 Å². The topological polar surface area (TPSA) is 66.5 Å². The van der Waals surface area contributed by atoms with Crippen LogP contribution in [-0.4, -0.2) is 33.2 Å². The summed E-state index contributed by atoms with van der Waals surface area (Å²) in [4.78, 5) is 12.2. The Bertz CT molecular complexity index is 803. The second kappa shape index (κ2) is 9.38. The van der Waals surface area contributed by atoms with Gasteiger partial charge in [-0.3, -0.25) is 9.10 Å². The third-order valence-corrected chi connectivity index (χ3v) is 6.05. The van der Waals surface area contributed by atoms with Gasteiger partial charge in [-0.05, 0) is 56.5 Å². The zero-order valence-electron chi connectivity index (χ0n) is 15.3. The summed E-state index contributed by atoms with van der Waals surface area (Å²) in [5, 5.41) is 2.90. The Morgan fingerprint density at radius 1 is 1.00 bits per heavy atom. The number of aryl methyl sites for hydroxylation is 1. The molecule has 0 aliphatic heterocycles. The molecule has 0 aliphatic carbocycles. The van der Waals surface area contributed by atoms with E-state index in [4.69, 9.17) is 0 Å². The van der Waals surface area contributed by atoms with Gasteiger partial charge in [0.15, 0.2) is 0 Å². The van der Waals surface area contributed by atoms with Crippen LogP contribution in [0.2, 0.25) is 0 Å². The summed E-state index contributed by atoms with van der Waals surface area (Å²) in [7, 11) is -3.31. The van der Waals surface area contributed by atoms with E-state index >= 15 is 0 Å². The third-order valence-electron chi connectivity index (χ3n) is 4.18. The normalized spacial score (nSPS) is 11.2. The van der Waals surface area contributed by atoms with Gasteiger partial charge in [0, 0.05) is 18.7 Å². The number of rotatable bonds is 9. The minimum absolute atomic E-state index is 0.0461. The summed E-state index contributed by atoms with van der Waals surface area (Å²) >= 11 is 0. The van der Waals surface area contributed by atoms with Crippen LogP contribution in [0.25, 0.3) is 0 Å². The number of hydrogen-bond acceptors (Lipinski definition) is 3. The molecule has 0 unspecified atom stereocenters. The molecule has 1 N–H and O–H groups in total. The quantitative estimate of drug-likeness (QED) is 0.685. The molecule has 6 heteroatoms. The van der Waals surface area contributed by atoms with Crippen LogP contribution < -0.4 is 9.62 Å². The summed E-state index contributed by atoms with van der Waals surface area (Å²) in [5.74, 6) is -0.101. The molecule has 0 aliphatic rings. The van der Waals surface area contributed by atoms with Crippen molar-refractivity contribution in [3.63, 3.8) is 0 Å². The number of benzene rings is 2. The zero-order chi connectivity index (χ0) is 19.0. The number of carbonyl (C=O) groups excluding carboxylic acids is 1. The highest BCUT2D eigenvalue weighted by Gasteiger charge is 2.18. The van der Waals surface area contributed by atoms with E-state index in [2.05, 4.69) is 17.4 Å². The molecule has 140 valence electrons. The Morgan fingerprint density at radius 2 is 1.65 bits per heavy atom. The maximum absolute atomic E-state index is 12.2. The molecule has 0 saturated heterocycles. The predicted octanol–water partition coefficient (Wildman–Crippen LogP) is 3.23. The minimum Gasteiger partial charge on any atom is -0.352 e. The van der Waals surface area contributed by atoms with Gasteiger partial charge in [-0.2, -0.15) is 0 Å². The smallest absolute Gasteiger partial charge is 0.251 e. The molecule has 0 atom stereocenters. The molecule has 2 aromatic carbocycles. The monoisotopic (exact) mass is 374 g/mol. The van der Waals surface area contributed by atoms with Crippen LogP contribution in [-0.2, 0) is 16.4 Å². The first-order valence-electron chi connectivity index (χ1n) is 8.90. The lowest BCUT2D eigenvalue weighted by atomic mass is 10.1. The molecule has 0 heterocycles. The molecule has 2 aromatic rings. The highest BCUT2D eigenvalue weighted by Crippen LogP contribution is 2.19. The van der Waals surface area contributed by atoms with Crippen molar-refractivity contribution in [1.82, 2.24) is 5.32 Å². The lowest BCUT2D eigenvalue weighted by molar-refractivity contribution is 0.0953. The first-order valence-corrected chi connectivity index (χ1v) is 10.5. The fourth-order valence-electron chi connectivity index (χ4n) is 2.72. The van der Waals surface area contributed by atoms with Crippen molar-refractivity contribution >= 4 is 21.6 Å². The van der Waals surface area contributed by atoms with Gasteiger partial charge in [0.1, 0.15) is 0 Å². The van der Waals surface area contributed by atoms with Crippen LogP contribution >= 0.6 is 0 Å². The summed E-state index contributed by atoms with van der Waals surface area (Å²) in [6.45, 7) is 4.37. The molecule has 0 bridgehead atoms. The number of nitrogens with zero attached hydrogens (tertiary/aromatic N) is 1. The molecule has 5 nitrogen and oxygen atoms in total. The van der Waals surface area contributed by atoms with Crippen molar-refractivity contribution in [2.75, 3.05) is 23.1 Å². The van der Waals surface area contributed by atoms with Gasteiger partial charge in [-0.25, -0.2) is 8.42 Å². The maximum atomic E-state index is 12.2. The number of nitrogens with one attached hydrogen (secondary N) is 1. The highest BCUT2D eigenvalue weighted by atomic mass is 32.2. The Balaban J connectivity index is 1.90. The van der Waals surface area contributed by atoms with Crippen LogP contribution in [0.15, 0.2) is 54.6 Å². The average molecular weight is 375 g/mol. The van der Waals surface area contributed by atoms with Crippen molar-refractivity contribution in [2.45, 2.75) is 26.7 Å². The number of hydrogen-bond donors (Lipinski definition) is 1. The van der Waals surface area contributed by atoms with E-state index in [0.717, 1.165) is 12.8 Å². The van der Waals surface area contributed by atoms with Gasteiger partial charge in [0.2, 0.25) is 10.0 Å². The van der Waals surface area contributed by atoms with Crippen molar-refractivity contribution in [3.05, 3.63) is 65.7 Å². The zero-order valence-corrected chi connectivity index (χ0v) is 16.1. The third kappa shape index (κ3) is 5.33. The van der Waals surface area contributed by atoms with Gasteiger partial charge in [0.25, 0.3) is 5.91 Å². The fourth-order valence-corrected chi connectivity index (χ4v) is 3.86. The molecule has 1 amide bonds. The Kier molecular flexibility index (Phi) is 7.21. The van der Waals surface area contributed by atoms with Crippen LogP contribution in [0, 0.1) is 0 Å². The Morgan fingerprint density at radius 3 is 2.23 bits per heavy atom. The van der Waals surface area contributed by atoms with Gasteiger partial charge < -0.3 is 5.32 Å². The number of carbonyl (C=O) groups is 1. The lowest BCUT2D eigenvalue weighted by Crippen LogP contribution is -2.32. The molecule has 26 heavy (non-hydrogen) atoms. The molecular formula is C20H26N2O3S. The van der Waals surface area contributed by atoms with E-state index in [9.17, 15) is 13.2 Å². The van der Waals surface area contributed by atoms with Gasteiger partial charge >= 0.3 is 0 Å². The van der Waals surface area contributed by atoms with Crippen molar-refractivity contribution in [3.8, 4) is 0 Å². The lowest BCUT2D eigenvalue weighted by Gasteiger charge is -2.22. The van der Waals surface area contributed by atoms with Crippen LogP contribution in [0.5, 0.6) is 0 Å². The minimum atomic E-state index is -3.31. The molecular weight excluding hydrogens is 348 g/mol. The molecule has 2 rings (SSSR count). The van der Waals surface area contributed by atoms with Crippen LogP contribution in [0.3, 0.4) is 0 Å². The summed E-state index contributed by atoms with van der Waals surface area (Å²) in [6.07, 6.45) is 1.78. The average Bonchev–Trinajstić information content (AvgIpc) is 2.67. The Labute approximate surface area is 156 Å². The summed E-state index contributed by atoms with van der Waals surface area (Å²) in [5.41, 5.74) is 2.36. The molecule has 0 fully saturated rings. The van der Waals surface area contributed by atoms with Crippen molar-refractivity contribution in [1.29, 1.82) is 0 Å². The standard InChI is InChI=1S/C20H26N2O3S/c1-3-22(26(24,25)4-2)19-14-12-18(13-15-19)20(23)21-16-8-11-17-9-6-5-7-10-17/h5-7,9-10,12-15H,3-4,8,11,16H2,1-2H3,(H,21,23). The van der Waals surface area contributed by atoms with E-state index in [-0.39, 0.29) is 11.7 Å². The van der Waals surface area contributed by atoms with E-state index in [1.54, 1.807) is 38.1 Å². The molecule has 0 saturated carbocycles.